The highest BCUT2D eigenvalue weighted by molar-refractivity contribution is 5.93. The zero-order chi connectivity index (χ0) is 36.9. The molecule has 3 aliphatic rings. The Bertz CT molecular complexity index is 2750. The number of pyridine rings is 2. The van der Waals surface area contributed by atoms with Crippen LogP contribution in [0.1, 0.15) is 54.3 Å². The number of nitrogens with zero attached hydrogens (tertiary/aromatic N) is 5. The van der Waals surface area contributed by atoms with Crippen LogP contribution in [0.5, 0.6) is 0 Å². The van der Waals surface area contributed by atoms with Crippen molar-refractivity contribution in [3.8, 4) is 33.8 Å². The van der Waals surface area contributed by atoms with E-state index < -0.39 is 0 Å². The van der Waals surface area contributed by atoms with Gasteiger partial charge in [-0.3, -0.25) is 9.97 Å². The van der Waals surface area contributed by atoms with E-state index in [1.54, 1.807) is 0 Å². The van der Waals surface area contributed by atoms with E-state index in [-0.39, 0.29) is 12.0 Å². The van der Waals surface area contributed by atoms with E-state index in [1.165, 1.54) is 50.2 Å². The zero-order valence-electron chi connectivity index (χ0n) is 31.0. The molecule has 0 spiro atoms. The second-order valence-corrected chi connectivity index (χ2v) is 14.4. The molecule has 2 atom stereocenters. The molecule has 0 saturated carbocycles. The number of hydrogen-bond acceptors (Lipinski definition) is 3. The molecule has 10 rings (SSSR count). The molecular weight excluding hydrogens is 671 g/mol. The van der Waals surface area contributed by atoms with Crippen molar-refractivity contribution in [1.82, 2.24) is 19.1 Å². The van der Waals surface area contributed by atoms with E-state index >= 15 is 0 Å². The molecule has 0 radical (unpaired) electrons. The minimum Gasteiger partial charge on any atom is -0.332 e. The molecule has 5 nitrogen and oxygen atoms in total. The van der Waals surface area contributed by atoms with Gasteiger partial charge in [0.15, 0.2) is 0 Å². The molecule has 5 heterocycles. The fourth-order valence-corrected chi connectivity index (χ4v) is 9.09. The van der Waals surface area contributed by atoms with Crippen molar-refractivity contribution in [2.24, 2.45) is 0 Å². The van der Waals surface area contributed by atoms with Crippen LogP contribution in [-0.2, 0) is 6.42 Å². The van der Waals surface area contributed by atoms with Gasteiger partial charge < -0.3 is 14.0 Å². The van der Waals surface area contributed by atoms with Gasteiger partial charge in [0.25, 0.3) is 0 Å². The lowest BCUT2D eigenvalue weighted by Crippen LogP contribution is -2.34. The molecular formula is C50H41N5. The molecule has 0 saturated heterocycles. The predicted octanol–water partition coefficient (Wildman–Crippen LogP) is 12.3. The van der Waals surface area contributed by atoms with Gasteiger partial charge in [-0.2, -0.15) is 0 Å². The molecule has 2 aliphatic carbocycles. The lowest BCUT2D eigenvalue weighted by Gasteiger charge is -2.36. The lowest BCUT2D eigenvalue weighted by atomic mass is 9.84. The lowest BCUT2D eigenvalue weighted by molar-refractivity contribution is 0.696. The van der Waals surface area contributed by atoms with Crippen LogP contribution >= 0.6 is 0 Å². The first-order valence-electron chi connectivity index (χ1n) is 19.3. The van der Waals surface area contributed by atoms with Crippen LogP contribution < -0.4 is 4.90 Å². The molecule has 4 aromatic heterocycles. The maximum Gasteiger partial charge on any atom is 0.0651 e. The van der Waals surface area contributed by atoms with E-state index in [0.717, 1.165) is 46.7 Å². The summed E-state index contributed by atoms with van der Waals surface area (Å²) < 4.78 is 4.83. The summed E-state index contributed by atoms with van der Waals surface area (Å²) in [6.07, 6.45) is 32.6. The summed E-state index contributed by atoms with van der Waals surface area (Å²) in [5.74, 6) is 0.0717. The minimum atomic E-state index is 0.00698. The molecule has 5 heteroatoms. The first-order valence-corrected chi connectivity index (χ1v) is 19.3. The van der Waals surface area contributed by atoms with Crippen molar-refractivity contribution in [3.63, 3.8) is 0 Å². The van der Waals surface area contributed by atoms with Crippen molar-refractivity contribution in [2.75, 3.05) is 4.90 Å². The molecule has 266 valence electrons. The molecule has 2 unspecified atom stereocenters. The monoisotopic (exact) mass is 711 g/mol. The van der Waals surface area contributed by atoms with Crippen LogP contribution in [0.2, 0.25) is 0 Å². The number of aryl methyl sites for hydroxylation is 1. The number of anilines is 2. The molecule has 3 aromatic carbocycles. The van der Waals surface area contributed by atoms with Gasteiger partial charge in [0.05, 0.1) is 52.4 Å². The summed E-state index contributed by atoms with van der Waals surface area (Å²) in [7, 11) is 0. The molecule has 7 aromatic rings. The Morgan fingerprint density at radius 3 is 2.25 bits per heavy atom. The number of allylic oxidation sites excluding steroid dienone is 5. The highest BCUT2D eigenvalue weighted by atomic mass is 15.2. The van der Waals surface area contributed by atoms with Gasteiger partial charge in [0.1, 0.15) is 0 Å². The van der Waals surface area contributed by atoms with Crippen LogP contribution in [0.15, 0.2) is 158 Å². The number of hydrogen-bond donors (Lipinski definition) is 0. The van der Waals surface area contributed by atoms with Crippen molar-refractivity contribution in [2.45, 2.75) is 38.6 Å². The largest absolute Gasteiger partial charge is 0.332 e. The highest BCUT2D eigenvalue weighted by Crippen LogP contribution is 2.52. The zero-order valence-corrected chi connectivity index (χ0v) is 31.0. The first-order chi connectivity index (χ1) is 27.2. The second-order valence-electron chi connectivity index (χ2n) is 14.4. The third-order valence-corrected chi connectivity index (χ3v) is 11.3. The average molecular weight is 712 g/mol. The summed E-state index contributed by atoms with van der Waals surface area (Å²) in [6.45, 7) is 4.22. The van der Waals surface area contributed by atoms with Crippen molar-refractivity contribution in [1.29, 1.82) is 0 Å². The Kier molecular flexibility index (Phi) is 8.14. The second kappa shape index (κ2) is 13.6. The summed E-state index contributed by atoms with van der Waals surface area (Å²) in [5, 5.41) is 1.32. The van der Waals surface area contributed by atoms with E-state index in [1.807, 2.05) is 24.8 Å². The SMILES string of the molecule is C/C=C\c1c2c(n(-c3ccccc3)c1/C=C\C)-c1ccccc1N(c1cncc(-c3cncc(-n4c5c(c6ccccc64)CCC=C5)c3)c1)C1C=CC=CC21. The van der Waals surface area contributed by atoms with Crippen molar-refractivity contribution >= 4 is 40.5 Å². The average Bonchev–Trinajstić information content (AvgIpc) is 3.70. The van der Waals surface area contributed by atoms with Crippen LogP contribution in [0.3, 0.4) is 0 Å². The molecule has 0 amide bonds. The van der Waals surface area contributed by atoms with Gasteiger partial charge in [-0.1, -0.05) is 103 Å². The molecule has 1 aliphatic heterocycles. The maximum atomic E-state index is 4.92. The number of aromatic nitrogens is 4. The van der Waals surface area contributed by atoms with E-state index in [4.69, 9.17) is 9.97 Å². The third-order valence-electron chi connectivity index (χ3n) is 11.3. The Morgan fingerprint density at radius 2 is 1.42 bits per heavy atom. The highest BCUT2D eigenvalue weighted by Gasteiger charge is 2.39. The topological polar surface area (TPSA) is 38.9 Å². The number of para-hydroxylation sites is 3. The molecule has 0 bridgehead atoms. The van der Waals surface area contributed by atoms with E-state index in [0.29, 0.717) is 0 Å². The number of rotatable bonds is 6. The van der Waals surface area contributed by atoms with E-state index in [9.17, 15) is 0 Å². The first kappa shape index (κ1) is 32.9. The Morgan fingerprint density at radius 1 is 0.691 bits per heavy atom. The van der Waals surface area contributed by atoms with Gasteiger partial charge >= 0.3 is 0 Å². The van der Waals surface area contributed by atoms with Crippen LogP contribution in [-0.4, -0.2) is 25.1 Å². The van der Waals surface area contributed by atoms with Crippen molar-refractivity contribution in [3.05, 3.63) is 186 Å². The van der Waals surface area contributed by atoms with Crippen molar-refractivity contribution < 1.29 is 0 Å². The van der Waals surface area contributed by atoms with E-state index in [2.05, 4.69) is 180 Å². The standard InChI is InChI=1S/C50H41N5/c1-3-16-41-44(17-4-2)55(36-18-6-5-7-19-36)50-43-23-11-15-27-48(43)54(47-26-14-10-22-42(47)49(41)50)38-29-35(31-52-33-38)34-28-37(32-51-30-34)53-45-24-12-8-20-39(45)40-21-9-13-25-46(40)53/h3-8,10-20,22-33,42,47H,9,21H2,1-2H3/b16-3-,17-4-. The number of benzene rings is 3. The smallest absolute Gasteiger partial charge is 0.0651 e. The fourth-order valence-electron chi connectivity index (χ4n) is 9.09. The molecule has 0 fully saturated rings. The van der Waals surface area contributed by atoms with Crippen LogP contribution in [0.25, 0.3) is 62.9 Å². The number of fused-ring (bicyclic) bond motifs is 8. The van der Waals surface area contributed by atoms with Gasteiger partial charge in [0, 0.05) is 57.3 Å². The Labute approximate surface area is 322 Å². The van der Waals surface area contributed by atoms with Gasteiger partial charge in [-0.05, 0) is 86.4 Å². The summed E-state index contributed by atoms with van der Waals surface area (Å²) in [5.41, 5.74) is 16.5. The fraction of sp³-hybridized carbons (Fsp3) is 0.120. The van der Waals surface area contributed by atoms with Crippen LogP contribution in [0, 0.1) is 0 Å². The van der Waals surface area contributed by atoms with Gasteiger partial charge in [-0.25, -0.2) is 0 Å². The quantitative estimate of drug-likeness (QED) is 0.172. The normalized spacial score (nSPS) is 17.1. The Balaban J connectivity index is 1.16. The molecule has 55 heavy (non-hydrogen) atoms. The Hall–Kier alpha value is -6.72. The van der Waals surface area contributed by atoms with Gasteiger partial charge in [0.2, 0.25) is 0 Å². The summed E-state index contributed by atoms with van der Waals surface area (Å²) in [6, 6.07) is 32.9. The summed E-state index contributed by atoms with van der Waals surface area (Å²) in [4.78, 5) is 12.2. The minimum absolute atomic E-state index is 0.00698. The maximum absolute atomic E-state index is 4.92. The molecule has 0 N–H and O–H groups in total. The third kappa shape index (κ3) is 5.30. The van der Waals surface area contributed by atoms with Crippen LogP contribution in [0.4, 0.5) is 11.4 Å². The predicted molar refractivity (Wildman–Crippen MR) is 229 cm³/mol. The van der Waals surface area contributed by atoms with Gasteiger partial charge in [-0.15, -0.1) is 0 Å². The summed E-state index contributed by atoms with van der Waals surface area (Å²) >= 11 is 0.